The summed E-state index contributed by atoms with van der Waals surface area (Å²) in [4.78, 5) is 4.76. The van der Waals surface area contributed by atoms with Crippen molar-refractivity contribution in [2.75, 3.05) is 6.54 Å². The van der Waals surface area contributed by atoms with E-state index in [1.165, 1.54) is 6.07 Å². The van der Waals surface area contributed by atoms with E-state index in [-0.39, 0.29) is 11.7 Å². The largest absolute Gasteiger partial charge is 0.330 e. The first-order valence-electron chi connectivity index (χ1n) is 7.62. The van der Waals surface area contributed by atoms with Gasteiger partial charge in [-0.05, 0) is 43.2 Å². The summed E-state index contributed by atoms with van der Waals surface area (Å²) < 4.78 is 15.6. The molecule has 22 heavy (non-hydrogen) atoms. The molecule has 1 atom stereocenters. The van der Waals surface area contributed by atoms with Crippen LogP contribution in [0.4, 0.5) is 4.39 Å². The lowest BCUT2D eigenvalue weighted by molar-refractivity contribution is 0.590. The molecule has 3 aromatic rings. The van der Waals surface area contributed by atoms with Crippen molar-refractivity contribution in [1.82, 2.24) is 9.55 Å². The summed E-state index contributed by atoms with van der Waals surface area (Å²) in [6.45, 7) is 3.43. The number of para-hydroxylation sites is 2. The van der Waals surface area contributed by atoms with Gasteiger partial charge in [0.2, 0.25) is 0 Å². The van der Waals surface area contributed by atoms with Crippen molar-refractivity contribution < 1.29 is 4.39 Å². The molecule has 0 radical (unpaired) electrons. The lowest BCUT2D eigenvalue weighted by Crippen LogP contribution is -2.19. The molecule has 0 saturated heterocycles. The number of aryl methyl sites for hydroxylation is 1. The van der Waals surface area contributed by atoms with Crippen LogP contribution in [-0.2, 0) is 13.0 Å². The first kappa shape index (κ1) is 14.7. The summed E-state index contributed by atoms with van der Waals surface area (Å²) in [6, 6.07) is 14.8. The number of nitrogens with zero attached hydrogens (tertiary/aromatic N) is 2. The highest BCUT2D eigenvalue weighted by Crippen LogP contribution is 2.24. The Labute approximate surface area is 129 Å². The van der Waals surface area contributed by atoms with Crippen molar-refractivity contribution in [2.45, 2.75) is 25.8 Å². The number of nitrogens with two attached hydrogens (primary N) is 1. The molecular formula is C18H20FN3. The third-order valence-corrected chi connectivity index (χ3v) is 4.02. The molecule has 1 unspecified atom stereocenters. The third kappa shape index (κ3) is 2.74. The van der Waals surface area contributed by atoms with Gasteiger partial charge in [-0.25, -0.2) is 9.37 Å². The zero-order valence-corrected chi connectivity index (χ0v) is 12.7. The molecule has 0 aliphatic heterocycles. The predicted molar refractivity (Wildman–Crippen MR) is 87.3 cm³/mol. The van der Waals surface area contributed by atoms with Crippen LogP contribution in [0.2, 0.25) is 0 Å². The van der Waals surface area contributed by atoms with Gasteiger partial charge < -0.3 is 10.3 Å². The van der Waals surface area contributed by atoms with Gasteiger partial charge in [-0.1, -0.05) is 24.3 Å². The second-order valence-corrected chi connectivity index (χ2v) is 5.47. The van der Waals surface area contributed by atoms with Gasteiger partial charge >= 0.3 is 0 Å². The van der Waals surface area contributed by atoms with Crippen LogP contribution in [-0.4, -0.2) is 16.1 Å². The number of hydrogen-bond donors (Lipinski definition) is 1. The molecule has 0 aliphatic rings. The van der Waals surface area contributed by atoms with Crippen molar-refractivity contribution in [1.29, 1.82) is 0 Å². The lowest BCUT2D eigenvalue weighted by atomic mass is 9.98. The van der Waals surface area contributed by atoms with E-state index >= 15 is 0 Å². The summed E-state index contributed by atoms with van der Waals surface area (Å²) in [6.07, 6.45) is 0.692. The summed E-state index contributed by atoms with van der Waals surface area (Å²) in [5.41, 5.74) is 9.04. The van der Waals surface area contributed by atoms with Crippen LogP contribution >= 0.6 is 0 Å². The summed E-state index contributed by atoms with van der Waals surface area (Å²) in [5.74, 6) is 0.849. The number of benzene rings is 2. The molecule has 114 valence electrons. The Kier molecular flexibility index (Phi) is 4.20. The van der Waals surface area contributed by atoms with Gasteiger partial charge in [0.05, 0.1) is 11.0 Å². The van der Waals surface area contributed by atoms with E-state index in [4.69, 9.17) is 10.7 Å². The standard InChI is InChI=1S/C18H20FN3/c1-2-22-17-9-4-3-8-16(17)21-18(22)14(12-20)10-13-6-5-7-15(19)11-13/h3-9,11,14H,2,10,12,20H2,1H3. The maximum Gasteiger partial charge on any atom is 0.123 e. The van der Waals surface area contributed by atoms with E-state index in [0.29, 0.717) is 13.0 Å². The third-order valence-electron chi connectivity index (χ3n) is 4.02. The maximum absolute atomic E-state index is 13.4. The van der Waals surface area contributed by atoms with Gasteiger partial charge in [-0.3, -0.25) is 0 Å². The smallest absolute Gasteiger partial charge is 0.123 e. The van der Waals surface area contributed by atoms with E-state index < -0.39 is 0 Å². The molecule has 0 spiro atoms. The molecule has 2 N–H and O–H groups in total. The van der Waals surface area contributed by atoms with E-state index in [9.17, 15) is 4.39 Å². The molecular weight excluding hydrogens is 277 g/mol. The Bertz CT molecular complexity index is 779. The summed E-state index contributed by atoms with van der Waals surface area (Å²) >= 11 is 0. The van der Waals surface area contributed by atoms with Crippen molar-refractivity contribution in [3.05, 3.63) is 65.7 Å². The van der Waals surface area contributed by atoms with Crippen molar-refractivity contribution >= 4 is 11.0 Å². The minimum absolute atomic E-state index is 0.0779. The highest BCUT2D eigenvalue weighted by atomic mass is 19.1. The molecule has 1 heterocycles. The van der Waals surface area contributed by atoms with Crippen LogP contribution in [0.25, 0.3) is 11.0 Å². The van der Waals surface area contributed by atoms with Crippen LogP contribution in [0.5, 0.6) is 0 Å². The Hall–Kier alpha value is -2.20. The number of rotatable bonds is 5. The van der Waals surface area contributed by atoms with Crippen LogP contribution in [0.1, 0.15) is 24.2 Å². The number of hydrogen-bond acceptors (Lipinski definition) is 2. The Morgan fingerprint density at radius 2 is 2.00 bits per heavy atom. The van der Waals surface area contributed by atoms with Crippen LogP contribution in [0, 0.1) is 5.82 Å². The molecule has 3 rings (SSSR count). The second-order valence-electron chi connectivity index (χ2n) is 5.47. The van der Waals surface area contributed by atoms with Gasteiger partial charge in [0.25, 0.3) is 0 Å². The van der Waals surface area contributed by atoms with Gasteiger partial charge in [0, 0.05) is 19.0 Å². The minimum Gasteiger partial charge on any atom is -0.330 e. The zero-order chi connectivity index (χ0) is 15.5. The van der Waals surface area contributed by atoms with Crippen LogP contribution in [0.15, 0.2) is 48.5 Å². The minimum atomic E-state index is -0.211. The van der Waals surface area contributed by atoms with E-state index in [1.54, 1.807) is 12.1 Å². The quantitative estimate of drug-likeness (QED) is 0.783. The number of fused-ring (bicyclic) bond motifs is 1. The molecule has 0 amide bonds. The number of halogens is 1. The molecule has 1 aromatic heterocycles. The van der Waals surface area contributed by atoms with Gasteiger partial charge in [-0.2, -0.15) is 0 Å². The molecule has 4 heteroatoms. The average Bonchev–Trinajstić information content (AvgIpc) is 2.91. The topological polar surface area (TPSA) is 43.8 Å². The first-order chi connectivity index (χ1) is 10.7. The highest BCUT2D eigenvalue weighted by Gasteiger charge is 2.19. The van der Waals surface area contributed by atoms with E-state index in [0.717, 1.165) is 29.0 Å². The monoisotopic (exact) mass is 297 g/mol. The van der Waals surface area contributed by atoms with Crippen molar-refractivity contribution in [2.24, 2.45) is 5.73 Å². The van der Waals surface area contributed by atoms with E-state index in [1.807, 2.05) is 24.3 Å². The van der Waals surface area contributed by atoms with Crippen molar-refractivity contribution in [3.8, 4) is 0 Å². The molecule has 0 bridgehead atoms. The zero-order valence-electron chi connectivity index (χ0n) is 12.7. The fraction of sp³-hybridized carbons (Fsp3) is 0.278. The Balaban J connectivity index is 2.00. The molecule has 0 fully saturated rings. The van der Waals surface area contributed by atoms with Crippen LogP contribution < -0.4 is 5.73 Å². The average molecular weight is 297 g/mol. The molecule has 0 saturated carbocycles. The fourth-order valence-corrected chi connectivity index (χ4v) is 2.97. The fourth-order valence-electron chi connectivity index (χ4n) is 2.97. The van der Waals surface area contributed by atoms with Crippen LogP contribution in [0.3, 0.4) is 0 Å². The maximum atomic E-state index is 13.4. The molecule has 2 aromatic carbocycles. The summed E-state index contributed by atoms with van der Waals surface area (Å²) in [5, 5.41) is 0. The van der Waals surface area contributed by atoms with E-state index in [2.05, 4.69) is 17.6 Å². The molecule has 3 nitrogen and oxygen atoms in total. The Morgan fingerprint density at radius 1 is 1.18 bits per heavy atom. The normalized spacial score (nSPS) is 12.7. The Morgan fingerprint density at radius 3 is 2.73 bits per heavy atom. The van der Waals surface area contributed by atoms with Gasteiger partial charge in [0.15, 0.2) is 0 Å². The molecule has 0 aliphatic carbocycles. The number of aromatic nitrogens is 2. The SMILES string of the molecule is CCn1c(C(CN)Cc2cccc(F)c2)nc2ccccc21. The lowest BCUT2D eigenvalue weighted by Gasteiger charge is -2.16. The highest BCUT2D eigenvalue weighted by molar-refractivity contribution is 5.76. The second kappa shape index (κ2) is 6.28. The summed E-state index contributed by atoms with van der Waals surface area (Å²) in [7, 11) is 0. The van der Waals surface area contributed by atoms with Gasteiger partial charge in [-0.15, -0.1) is 0 Å². The number of imidazole rings is 1. The van der Waals surface area contributed by atoms with Gasteiger partial charge in [0.1, 0.15) is 11.6 Å². The predicted octanol–water partition coefficient (Wildman–Crippen LogP) is 3.48. The van der Waals surface area contributed by atoms with Crippen molar-refractivity contribution in [3.63, 3.8) is 0 Å². The first-order valence-corrected chi connectivity index (χ1v) is 7.62.